The van der Waals surface area contributed by atoms with Gasteiger partial charge in [-0.05, 0) is 55.7 Å². The van der Waals surface area contributed by atoms with E-state index >= 15 is 0 Å². The Morgan fingerprint density at radius 3 is 1.91 bits per heavy atom. The van der Waals surface area contributed by atoms with Crippen LogP contribution in [0.3, 0.4) is 0 Å². The molecule has 0 heterocycles. The summed E-state index contributed by atoms with van der Waals surface area (Å²) in [5.74, 6) is 3.27. The topological polar surface area (TPSA) is 18.5 Å². The summed E-state index contributed by atoms with van der Waals surface area (Å²) in [5.41, 5.74) is 0. The molecule has 2 aliphatic rings. The number of hydrogen-bond donors (Lipinski definition) is 0. The fourth-order valence-electron chi connectivity index (χ4n) is 3.71. The molecule has 121 valence electrons. The lowest BCUT2D eigenvalue weighted by molar-refractivity contribution is 0.204. The van der Waals surface area contributed by atoms with Gasteiger partial charge in [0.1, 0.15) is 11.5 Å². The highest BCUT2D eigenvalue weighted by Gasteiger charge is 2.15. The predicted octanol–water partition coefficient (Wildman–Crippen LogP) is 5.40. The van der Waals surface area contributed by atoms with Crippen molar-refractivity contribution < 1.29 is 9.47 Å². The van der Waals surface area contributed by atoms with Crippen LogP contribution in [0.4, 0.5) is 0 Å². The molecule has 2 nitrogen and oxygen atoms in total. The summed E-state index contributed by atoms with van der Waals surface area (Å²) in [5, 5.41) is 0. The molecule has 22 heavy (non-hydrogen) atoms. The Morgan fingerprint density at radius 2 is 1.36 bits per heavy atom. The van der Waals surface area contributed by atoms with Crippen molar-refractivity contribution in [1.82, 2.24) is 0 Å². The number of benzene rings is 1. The minimum Gasteiger partial charge on any atom is -0.493 e. The van der Waals surface area contributed by atoms with Gasteiger partial charge in [0.25, 0.3) is 0 Å². The molecular formula is C20H29O2. The van der Waals surface area contributed by atoms with Crippen molar-refractivity contribution in [2.24, 2.45) is 11.8 Å². The first-order chi connectivity index (χ1) is 10.9. The average molecular weight is 301 g/mol. The van der Waals surface area contributed by atoms with E-state index in [1.54, 1.807) is 0 Å². The third-order valence-electron chi connectivity index (χ3n) is 5.17. The van der Waals surface area contributed by atoms with Crippen LogP contribution in [0.1, 0.15) is 64.2 Å². The lowest BCUT2D eigenvalue weighted by atomic mass is 9.90. The first-order valence-corrected chi connectivity index (χ1v) is 9.17. The highest BCUT2D eigenvalue weighted by molar-refractivity contribution is 5.30. The van der Waals surface area contributed by atoms with Crippen LogP contribution in [0.15, 0.2) is 18.2 Å². The molecule has 1 radical (unpaired) electrons. The second-order valence-corrected chi connectivity index (χ2v) is 7.02. The fraction of sp³-hybridized carbons (Fsp3) is 0.700. The zero-order valence-corrected chi connectivity index (χ0v) is 13.7. The van der Waals surface area contributed by atoms with Gasteiger partial charge in [0.05, 0.1) is 13.2 Å². The van der Waals surface area contributed by atoms with E-state index in [-0.39, 0.29) is 0 Å². The molecule has 0 spiro atoms. The fourth-order valence-corrected chi connectivity index (χ4v) is 3.71. The zero-order chi connectivity index (χ0) is 15.0. The normalized spacial score (nSPS) is 20.7. The van der Waals surface area contributed by atoms with Gasteiger partial charge in [-0.2, -0.15) is 0 Å². The molecule has 2 heteroatoms. The highest BCUT2D eigenvalue weighted by atomic mass is 16.5. The van der Waals surface area contributed by atoms with Crippen molar-refractivity contribution in [2.45, 2.75) is 64.2 Å². The SMILES string of the molecule is [c]1cc(OCC2CCCCC2)ccc1OCC1CCCCC1. The molecule has 3 rings (SSSR count). The molecule has 0 unspecified atom stereocenters. The molecule has 0 aromatic heterocycles. The first kappa shape index (κ1) is 15.7. The van der Waals surface area contributed by atoms with Gasteiger partial charge in [-0.25, -0.2) is 0 Å². The van der Waals surface area contributed by atoms with Crippen LogP contribution in [-0.4, -0.2) is 13.2 Å². The summed E-state index contributed by atoms with van der Waals surface area (Å²) in [7, 11) is 0. The molecule has 1 aromatic rings. The van der Waals surface area contributed by atoms with E-state index in [0.29, 0.717) is 0 Å². The van der Waals surface area contributed by atoms with Crippen LogP contribution >= 0.6 is 0 Å². The maximum absolute atomic E-state index is 5.91. The average Bonchev–Trinajstić information content (AvgIpc) is 2.61. The van der Waals surface area contributed by atoms with Crippen LogP contribution in [0.25, 0.3) is 0 Å². The van der Waals surface area contributed by atoms with E-state index in [1.165, 1.54) is 64.2 Å². The third kappa shape index (κ3) is 4.93. The van der Waals surface area contributed by atoms with Crippen LogP contribution in [0.2, 0.25) is 0 Å². The van der Waals surface area contributed by atoms with Crippen molar-refractivity contribution in [3.8, 4) is 11.5 Å². The molecular weight excluding hydrogens is 272 g/mol. The minimum absolute atomic E-state index is 0.740. The number of rotatable bonds is 6. The molecule has 2 saturated carbocycles. The molecule has 2 aliphatic carbocycles. The standard InChI is InChI=1S/C20H29O2/c1-3-7-17(8-4-1)15-21-19-11-13-20(14-12-19)22-16-18-9-5-2-6-10-18/h11-13,17-18H,1-10,15-16H2. The maximum Gasteiger partial charge on any atom is 0.127 e. The van der Waals surface area contributed by atoms with Gasteiger partial charge in [0.15, 0.2) is 0 Å². The second kappa shape index (κ2) is 8.45. The molecule has 0 N–H and O–H groups in total. The van der Waals surface area contributed by atoms with E-state index in [0.717, 1.165) is 36.5 Å². The summed E-state index contributed by atoms with van der Waals surface area (Å²) in [6.45, 7) is 1.70. The van der Waals surface area contributed by atoms with Crippen LogP contribution < -0.4 is 9.47 Å². The molecule has 0 amide bonds. The van der Waals surface area contributed by atoms with Crippen molar-refractivity contribution in [1.29, 1.82) is 0 Å². The van der Waals surface area contributed by atoms with Crippen molar-refractivity contribution in [3.05, 3.63) is 24.3 Å². The predicted molar refractivity (Wildman–Crippen MR) is 89.4 cm³/mol. The van der Waals surface area contributed by atoms with E-state index in [9.17, 15) is 0 Å². The molecule has 1 aromatic carbocycles. The minimum atomic E-state index is 0.740. The van der Waals surface area contributed by atoms with Crippen molar-refractivity contribution >= 4 is 0 Å². The van der Waals surface area contributed by atoms with Gasteiger partial charge in [-0.3, -0.25) is 0 Å². The van der Waals surface area contributed by atoms with Crippen LogP contribution in [0.5, 0.6) is 11.5 Å². The van der Waals surface area contributed by atoms with Crippen molar-refractivity contribution in [2.75, 3.05) is 13.2 Å². The Balaban J connectivity index is 1.39. The van der Waals surface area contributed by atoms with Crippen LogP contribution in [-0.2, 0) is 0 Å². The Kier molecular flexibility index (Phi) is 6.03. The summed E-state index contributed by atoms with van der Waals surface area (Å²) in [6, 6.07) is 9.17. The molecule has 0 aliphatic heterocycles. The maximum atomic E-state index is 5.91. The summed E-state index contributed by atoms with van der Waals surface area (Å²) in [4.78, 5) is 0. The van der Waals surface area contributed by atoms with E-state index in [2.05, 4.69) is 6.07 Å². The van der Waals surface area contributed by atoms with E-state index in [4.69, 9.17) is 9.47 Å². The largest absolute Gasteiger partial charge is 0.493 e. The van der Waals surface area contributed by atoms with Gasteiger partial charge in [-0.15, -0.1) is 0 Å². The van der Waals surface area contributed by atoms with Gasteiger partial charge in [0, 0.05) is 6.07 Å². The first-order valence-electron chi connectivity index (χ1n) is 9.17. The smallest absolute Gasteiger partial charge is 0.127 e. The summed E-state index contributed by atoms with van der Waals surface area (Å²) < 4.78 is 11.8. The second-order valence-electron chi connectivity index (χ2n) is 7.02. The number of hydrogen-bond acceptors (Lipinski definition) is 2. The van der Waals surface area contributed by atoms with E-state index < -0.39 is 0 Å². The van der Waals surface area contributed by atoms with Gasteiger partial charge < -0.3 is 9.47 Å². The van der Waals surface area contributed by atoms with Gasteiger partial charge >= 0.3 is 0 Å². The lowest BCUT2D eigenvalue weighted by Gasteiger charge is -2.22. The molecule has 0 atom stereocenters. The lowest BCUT2D eigenvalue weighted by Crippen LogP contribution is -2.15. The molecule has 2 fully saturated rings. The monoisotopic (exact) mass is 301 g/mol. The number of ether oxygens (including phenoxy) is 2. The summed E-state index contributed by atoms with van der Waals surface area (Å²) in [6.07, 6.45) is 13.6. The Bertz CT molecular complexity index is 373. The quantitative estimate of drug-likeness (QED) is 0.700. The Labute approximate surface area is 135 Å². The zero-order valence-electron chi connectivity index (χ0n) is 13.7. The highest BCUT2D eigenvalue weighted by Crippen LogP contribution is 2.26. The summed E-state index contributed by atoms with van der Waals surface area (Å²) >= 11 is 0. The van der Waals surface area contributed by atoms with E-state index in [1.807, 2.05) is 18.2 Å². The molecule has 0 saturated heterocycles. The van der Waals surface area contributed by atoms with Crippen LogP contribution in [0, 0.1) is 17.9 Å². The Hall–Kier alpha value is -1.18. The van der Waals surface area contributed by atoms with Gasteiger partial charge in [-0.1, -0.05) is 38.5 Å². The molecule has 0 bridgehead atoms. The van der Waals surface area contributed by atoms with Gasteiger partial charge in [0.2, 0.25) is 0 Å². The Morgan fingerprint density at radius 1 is 0.773 bits per heavy atom. The van der Waals surface area contributed by atoms with Crippen molar-refractivity contribution in [3.63, 3.8) is 0 Å². The third-order valence-corrected chi connectivity index (χ3v) is 5.17.